The highest BCUT2D eigenvalue weighted by atomic mass is 16.6. The summed E-state index contributed by atoms with van der Waals surface area (Å²) in [5.74, 6) is 1.54. The number of aryl methyl sites for hydroxylation is 1. The van der Waals surface area contributed by atoms with Crippen molar-refractivity contribution < 1.29 is 9.84 Å². The molecule has 0 bridgehead atoms. The second-order valence-corrected chi connectivity index (χ2v) is 4.61. The molecule has 0 amide bonds. The Morgan fingerprint density at radius 2 is 2.21 bits per heavy atom. The molecule has 1 N–H and O–H groups in total. The van der Waals surface area contributed by atoms with Gasteiger partial charge in [0.1, 0.15) is 5.82 Å². The summed E-state index contributed by atoms with van der Waals surface area (Å²) < 4.78 is 6.99. The Morgan fingerprint density at radius 3 is 2.95 bits per heavy atom. The summed E-state index contributed by atoms with van der Waals surface area (Å²) in [6, 6.07) is 10.3. The van der Waals surface area contributed by atoms with Crippen LogP contribution in [0.3, 0.4) is 0 Å². The van der Waals surface area contributed by atoms with Crippen molar-refractivity contribution in [3.8, 4) is 0 Å². The van der Waals surface area contributed by atoms with E-state index in [1.807, 2.05) is 29.8 Å². The summed E-state index contributed by atoms with van der Waals surface area (Å²) in [7, 11) is 0. The molecule has 2 heterocycles. The van der Waals surface area contributed by atoms with Crippen molar-refractivity contribution in [2.75, 3.05) is 6.61 Å². The third-order valence-corrected chi connectivity index (χ3v) is 3.41. The van der Waals surface area contributed by atoms with E-state index in [4.69, 9.17) is 4.74 Å². The van der Waals surface area contributed by atoms with Gasteiger partial charge in [-0.25, -0.2) is 9.67 Å². The van der Waals surface area contributed by atoms with Crippen LogP contribution in [-0.2, 0) is 11.3 Å². The van der Waals surface area contributed by atoms with Crippen LogP contribution in [0.1, 0.15) is 42.8 Å². The third kappa shape index (κ3) is 2.27. The molecule has 2 aromatic rings. The Balaban J connectivity index is 1.88. The monoisotopic (exact) mass is 259 g/mol. The quantitative estimate of drug-likeness (QED) is 0.851. The third-order valence-electron chi connectivity index (χ3n) is 3.41. The molecule has 0 saturated heterocycles. The van der Waals surface area contributed by atoms with Crippen LogP contribution in [0.5, 0.6) is 0 Å². The van der Waals surface area contributed by atoms with Crippen LogP contribution in [0.4, 0.5) is 0 Å². The van der Waals surface area contributed by atoms with Gasteiger partial charge in [0.15, 0.2) is 0 Å². The van der Waals surface area contributed by atoms with Crippen molar-refractivity contribution >= 4 is 0 Å². The average molecular weight is 259 g/mol. The number of fused-ring (bicyclic) bond motifs is 1. The number of hydrogen-bond acceptors (Lipinski definition) is 4. The molecule has 0 aliphatic carbocycles. The minimum atomic E-state index is -1.03. The fourth-order valence-electron chi connectivity index (χ4n) is 2.51. The zero-order valence-corrected chi connectivity index (χ0v) is 10.9. The largest absolute Gasteiger partial charge is 0.362 e. The van der Waals surface area contributed by atoms with Gasteiger partial charge in [-0.3, -0.25) is 0 Å². The molecule has 5 heteroatoms. The van der Waals surface area contributed by atoms with Gasteiger partial charge in [-0.1, -0.05) is 30.3 Å². The molecular weight excluding hydrogens is 242 g/mol. The van der Waals surface area contributed by atoms with Gasteiger partial charge in [0.05, 0.1) is 0 Å². The summed E-state index contributed by atoms with van der Waals surface area (Å²) >= 11 is 0. The maximum atomic E-state index is 9.77. The van der Waals surface area contributed by atoms with Crippen molar-refractivity contribution in [3.05, 3.63) is 47.5 Å². The first-order valence-corrected chi connectivity index (χ1v) is 6.59. The molecule has 0 spiro atoms. The summed E-state index contributed by atoms with van der Waals surface area (Å²) in [4.78, 5) is 4.44. The standard InChI is InChI=1S/C14H17N3O2/c1-2-19-14(18)12-15-13-11(8-9-17(13)16-12)10-6-4-3-5-7-10/h3-7,11,14,18H,2,8-9H2,1H3. The molecule has 3 rings (SSSR count). The predicted octanol–water partition coefficient (Wildman–Crippen LogP) is 1.84. The molecule has 2 atom stereocenters. The number of rotatable bonds is 4. The van der Waals surface area contributed by atoms with Crippen LogP contribution in [0.2, 0.25) is 0 Å². The number of ether oxygens (including phenoxy) is 1. The van der Waals surface area contributed by atoms with Crippen molar-refractivity contribution in [1.29, 1.82) is 0 Å². The van der Waals surface area contributed by atoms with Crippen LogP contribution in [0, 0.1) is 0 Å². The van der Waals surface area contributed by atoms with Crippen molar-refractivity contribution in [2.45, 2.75) is 32.1 Å². The highest BCUT2D eigenvalue weighted by Crippen LogP contribution is 2.33. The van der Waals surface area contributed by atoms with Gasteiger partial charge >= 0.3 is 0 Å². The summed E-state index contributed by atoms with van der Waals surface area (Å²) in [5, 5.41) is 14.1. The summed E-state index contributed by atoms with van der Waals surface area (Å²) in [6.07, 6.45) is -0.0239. The fraction of sp³-hybridized carbons (Fsp3) is 0.429. The zero-order valence-electron chi connectivity index (χ0n) is 10.9. The van der Waals surface area contributed by atoms with E-state index in [0.717, 1.165) is 18.8 Å². The van der Waals surface area contributed by atoms with Gasteiger partial charge in [0, 0.05) is 19.1 Å². The Morgan fingerprint density at radius 1 is 1.42 bits per heavy atom. The van der Waals surface area contributed by atoms with E-state index < -0.39 is 6.29 Å². The number of aliphatic hydroxyl groups excluding tert-OH is 1. The molecule has 5 nitrogen and oxygen atoms in total. The second kappa shape index (κ2) is 5.11. The van der Waals surface area contributed by atoms with Crippen molar-refractivity contribution in [2.24, 2.45) is 0 Å². The SMILES string of the molecule is CCOC(O)c1nc2n(n1)CCC2c1ccccc1. The first-order valence-electron chi connectivity index (χ1n) is 6.59. The number of aliphatic hydroxyl groups is 1. The fourth-order valence-corrected chi connectivity index (χ4v) is 2.51. The lowest BCUT2D eigenvalue weighted by Gasteiger charge is -2.08. The Hall–Kier alpha value is -1.72. The highest BCUT2D eigenvalue weighted by molar-refractivity contribution is 5.27. The first kappa shape index (κ1) is 12.3. The van der Waals surface area contributed by atoms with Gasteiger partial charge in [-0.15, -0.1) is 0 Å². The minimum Gasteiger partial charge on any atom is -0.362 e. The molecule has 0 radical (unpaired) electrons. The van der Waals surface area contributed by atoms with Crippen LogP contribution in [0.15, 0.2) is 30.3 Å². The molecule has 19 heavy (non-hydrogen) atoms. The zero-order chi connectivity index (χ0) is 13.2. The Labute approximate surface area is 111 Å². The number of nitrogens with zero attached hydrogens (tertiary/aromatic N) is 3. The number of benzene rings is 1. The maximum absolute atomic E-state index is 9.77. The van der Waals surface area contributed by atoms with Crippen LogP contribution < -0.4 is 0 Å². The predicted molar refractivity (Wildman–Crippen MR) is 69.5 cm³/mol. The van der Waals surface area contributed by atoms with Crippen LogP contribution in [0.25, 0.3) is 0 Å². The van der Waals surface area contributed by atoms with E-state index in [0.29, 0.717) is 12.4 Å². The lowest BCUT2D eigenvalue weighted by atomic mass is 9.97. The molecule has 2 unspecified atom stereocenters. The molecular formula is C14H17N3O2. The van der Waals surface area contributed by atoms with Gasteiger partial charge in [0.2, 0.25) is 12.1 Å². The van der Waals surface area contributed by atoms with Gasteiger partial charge in [-0.2, -0.15) is 5.10 Å². The van der Waals surface area contributed by atoms with Gasteiger partial charge in [0.25, 0.3) is 0 Å². The second-order valence-electron chi connectivity index (χ2n) is 4.61. The van der Waals surface area contributed by atoms with E-state index in [2.05, 4.69) is 22.2 Å². The Kier molecular flexibility index (Phi) is 3.31. The van der Waals surface area contributed by atoms with Gasteiger partial charge < -0.3 is 9.84 Å². The van der Waals surface area contributed by atoms with E-state index in [-0.39, 0.29) is 5.92 Å². The smallest absolute Gasteiger partial charge is 0.218 e. The summed E-state index contributed by atoms with van der Waals surface area (Å²) in [6.45, 7) is 3.10. The first-order chi connectivity index (χ1) is 9.29. The molecule has 1 aliphatic rings. The molecule has 1 aromatic carbocycles. The van der Waals surface area contributed by atoms with Crippen molar-refractivity contribution in [3.63, 3.8) is 0 Å². The molecule has 0 fully saturated rings. The normalized spacial score (nSPS) is 19.4. The minimum absolute atomic E-state index is 0.260. The molecule has 100 valence electrons. The maximum Gasteiger partial charge on any atom is 0.218 e. The summed E-state index contributed by atoms with van der Waals surface area (Å²) in [5.41, 5.74) is 1.24. The van der Waals surface area contributed by atoms with Gasteiger partial charge in [-0.05, 0) is 18.9 Å². The molecule has 1 aliphatic heterocycles. The van der Waals surface area contributed by atoms with E-state index in [1.165, 1.54) is 5.56 Å². The lowest BCUT2D eigenvalue weighted by molar-refractivity contribution is -0.104. The number of aromatic nitrogens is 3. The Bertz CT molecular complexity index is 553. The molecule has 0 saturated carbocycles. The van der Waals surface area contributed by atoms with E-state index in [9.17, 15) is 5.11 Å². The topological polar surface area (TPSA) is 60.2 Å². The molecule has 1 aromatic heterocycles. The highest BCUT2D eigenvalue weighted by Gasteiger charge is 2.29. The number of hydrogen-bond donors (Lipinski definition) is 1. The van der Waals surface area contributed by atoms with Crippen LogP contribution >= 0.6 is 0 Å². The lowest BCUT2D eigenvalue weighted by Crippen LogP contribution is -2.06. The van der Waals surface area contributed by atoms with E-state index in [1.54, 1.807) is 0 Å². The average Bonchev–Trinajstić information content (AvgIpc) is 2.99. The van der Waals surface area contributed by atoms with E-state index >= 15 is 0 Å². The van der Waals surface area contributed by atoms with Crippen molar-refractivity contribution in [1.82, 2.24) is 14.8 Å². The van der Waals surface area contributed by atoms with Crippen LogP contribution in [-0.4, -0.2) is 26.5 Å².